The highest BCUT2D eigenvalue weighted by atomic mass is 32.1. The Bertz CT molecular complexity index is 3220. The van der Waals surface area contributed by atoms with Gasteiger partial charge in [-0.05, 0) is 82.4 Å². The van der Waals surface area contributed by atoms with E-state index < -0.39 is 0 Å². The van der Waals surface area contributed by atoms with Crippen LogP contribution < -0.4 is 4.90 Å². The minimum atomic E-state index is 1.10. The van der Waals surface area contributed by atoms with Crippen molar-refractivity contribution in [3.63, 3.8) is 0 Å². The molecule has 11 aromatic rings. The van der Waals surface area contributed by atoms with Crippen molar-refractivity contribution in [3.8, 4) is 39.1 Å². The van der Waals surface area contributed by atoms with Gasteiger partial charge in [0.1, 0.15) is 0 Å². The SMILES string of the molecule is c1ccc(-c2ccc(-c3ccc(N(c4ccc5c6ccccc6n(-c6ccccc6)c5c4)c4cccc5c4sc4ccccc45)c(-c4ccccc4)c3)cc2)cc1. The van der Waals surface area contributed by atoms with Crippen LogP contribution in [0.5, 0.6) is 0 Å². The maximum Gasteiger partial charge on any atom is 0.0640 e. The summed E-state index contributed by atoms with van der Waals surface area (Å²) < 4.78 is 4.96. The van der Waals surface area contributed by atoms with E-state index in [0.717, 1.165) is 22.7 Å². The van der Waals surface area contributed by atoms with Crippen molar-refractivity contribution in [2.24, 2.45) is 0 Å². The minimum absolute atomic E-state index is 1.10. The third-order valence-corrected chi connectivity index (χ3v) is 12.4. The van der Waals surface area contributed by atoms with Gasteiger partial charge < -0.3 is 9.47 Å². The van der Waals surface area contributed by atoms with E-state index in [-0.39, 0.29) is 0 Å². The number of fused-ring (bicyclic) bond motifs is 6. The van der Waals surface area contributed by atoms with Crippen LogP contribution in [0.4, 0.5) is 17.1 Å². The van der Waals surface area contributed by atoms with Crippen LogP contribution in [0.25, 0.3) is 81.0 Å². The first-order chi connectivity index (χ1) is 28.3. The van der Waals surface area contributed by atoms with Crippen LogP contribution in [0.2, 0.25) is 0 Å². The lowest BCUT2D eigenvalue weighted by Gasteiger charge is -2.29. The summed E-state index contributed by atoms with van der Waals surface area (Å²) in [7, 11) is 0. The lowest BCUT2D eigenvalue weighted by Crippen LogP contribution is -2.12. The van der Waals surface area contributed by atoms with Crippen molar-refractivity contribution in [3.05, 3.63) is 218 Å². The Labute approximate surface area is 335 Å². The Morgan fingerprint density at radius 1 is 0.351 bits per heavy atom. The number of nitrogens with zero attached hydrogens (tertiary/aromatic N) is 2. The van der Waals surface area contributed by atoms with Crippen molar-refractivity contribution in [2.75, 3.05) is 4.90 Å². The monoisotopic (exact) mass is 744 g/mol. The van der Waals surface area contributed by atoms with Gasteiger partial charge in [0.05, 0.1) is 27.1 Å². The summed E-state index contributed by atoms with van der Waals surface area (Å²) in [6.07, 6.45) is 0. The second-order valence-electron chi connectivity index (χ2n) is 14.5. The minimum Gasteiger partial charge on any atom is -0.309 e. The number of anilines is 3. The molecule has 0 saturated heterocycles. The Morgan fingerprint density at radius 2 is 0.930 bits per heavy atom. The van der Waals surface area contributed by atoms with Crippen molar-refractivity contribution >= 4 is 70.4 Å². The van der Waals surface area contributed by atoms with Crippen LogP contribution >= 0.6 is 11.3 Å². The van der Waals surface area contributed by atoms with Crippen LogP contribution in [-0.2, 0) is 0 Å². The number of hydrogen-bond donors (Lipinski definition) is 0. The van der Waals surface area contributed by atoms with Crippen LogP contribution in [-0.4, -0.2) is 4.57 Å². The van der Waals surface area contributed by atoms with E-state index in [0.29, 0.717) is 0 Å². The zero-order valence-corrected chi connectivity index (χ0v) is 31.9. The number of hydrogen-bond acceptors (Lipinski definition) is 2. The van der Waals surface area contributed by atoms with E-state index in [2.05, 4.69) is 228 Å². The highest BCUT2D eigenvalue weighted by molar-refractivity contribution is 7.26. The van der Waals surface area contributed by atoms with Crippen LogP contribution in [0, 0.1) is 0 Å². The fourth-order valence-electron chi connectivity index (χ4n) is 8.51. The molecule has 0 radical (unpaired) electrons. The van der Waals surface area contributed by atoms with Crippen molar-refractivity contribution < 1.29 is 0 Å². The van der Waals surface area contributed by atoms with Crippen LogP contribution in [0.1, 0.15) is 0 Å². The Kier molecular flexibility index (Phi) is 8.04. The highest BCUT2D eigenvalue weighted by Crippen LogP contribution is 2.49. The molecule has 0 aliphatic heterocycles. The second-order valence-corrected chi connectivity index (χ2v) is 15.6. The molecule has 0 amide bonds. The highest BCUT2D eigenvalue weighted by Gasteiger charge is 2.23. The summed E-state index contributed by atoms with van der Waals surface area (Å²) in [5, 5.41) is 5.04. The third-order valence-electron chi connectivity index (χ3n) is 11.2. The maximum absolute atomic E-state index is 2.49. The standard InChI is InChI=1S/C54H36N2S/c1-4-15-37(16-5-1)38-27-29-39(30-28-38)41-31-34-50(48(35-41)40-17-6-2-7-18-40)56(51-25-14-23-47-46-22-11-13-26-53(46)57-54(47)51)43-32-33-45-44-21-10-12-24-49(44)55(52(45)36-43)42-19-8-3-9-20-42/h1-36H. The molecule has 0 atom stereocenters. The molecule has 11 rings (SSSR count). The second kappa shape index (κ2) is 13.8. The van der Waals surface area contributed by atoms with E-state index in [9.17, 15) is 0 Å². The van der Waals surface area contributed by atoms with Crippen LogP contribution in [0.3, 0.4) is 0 Å². The first-order valence-corrected chi connectivity index (χ1v) is 20.2. The molecule has 0 spiro atoms. The molecule has 0 fully saturated rings. The fourth-order valence-corrected chi connectivity index (χ4v) is 9.72. The van der Waals surface area contributed by atoms with E-state index in [1.807, 2.05) is 11.3 Å². The van der Waals surface area contributed by atoms with E-state index in [1.165, 1.54) is 75.4 Å². The van der Waals surface area contributed by atoms with E-state index in [4.69, 9.17) is 0 Å². The average Bonchev–Trinajstić information content (AvgIpc) is 3.84. The van der Waals surface area contributed by atoms with Gasteiger partial charge in [-0.2, -0.15) is 0 Å². The summed E-state index contributed by atoms with van der Waals surface area (Å²) in [5.74, 6) is 0. The van der Waals surface area contributed by atoms with Gasteiger partial charge in [-0.3, -0.25) is 0 Å². The van der Waals surface area contributed by atoms with Gasteiger partial charge in [-0.25, -0.2) is 0 Å². The molecular formula is C54H36N2S. The molecule has 57 heavy (non-hydrogen) atoms. The predicted molar refractivity (Wildman–Crippen MR) is 245 cm³/mol. The Balaban J connectivity index is 1.17. The molecule has 0 bridgehead atoms. The molecule has 0 aliphatic carbocycles. The maximum atomic E-state index is 2.49. The molecule has 3 heteroatoms. The quantitative estimate of drug-likeness (QED) is 0.158. The van der Waals surface area contributed by atoms with Crippen molar-refractivity contribution in [2.45, 2.75) is 0 Å². The molecule has 2 nitrogen and oxygen atoms in total. The molecule has 9 aromatic carbocycles. The van der Waals surface area contributed by atoms with E-state index in [1.54, 1.807) is 0 Å². The smallest absolute Gasteiger partial charge is 0.0640 e. The summed E-state index contributed by atoms with van der Waals surface area (Å²) in [5.41, 5.74) is 14.0. The van der Waals surface area contributed by atoms with E-state index >= 15 is 0 Å². The molecule has 2 aromatic heterocycles. The topological polar surface area (TPSA) is 8.17 Å². The van der Waals surface area contributed by atoms with Gasteiger partial charge in [0.15, 0.2) is 0 Å². The molecule has 2 heterocycles. The lowest BCUT2D eigenvalue weighted by atomic mass is 9.95. The molecule has 0 saturated carbocycles. The zero-order valence-electron chi connectivity index (χ0n) is 31.1. The van der Waals surface area contributed by atoms with Gasteiger partial charge >= 0.3 is 0 Å². The van der Waals surface area contributed by atoms with Gasteiger partial charge in [-0.1, -0.05) is 164 Å². The van der Waals surface area contributed by atoms with Gasteiger partial charge in [0.2, 0.25) is 0 Å². The van der Waals surface area contributed by atoms with Gasteiger partial charge in [-0.15, -0.1) is 11.3 Å². The fraction of sp³-hybridized carbons (Fsp3) is 0. The number of thiophene rings is 1. The molecular weight excluding hydrogens is 709 g/mol. The molecule has 268 valence electrons. The summed E-state index contributed by atoms with van der Waals surface area (Å²) in [6.45, 7) is 0. The number of benzene rings is 9. The van der Waals surface area contributed by atoms with Gasteiger partial charge in [0, 0.05) is 43.2 Å². The lowest BCUT2D eigenvalue weighted by molar-refractivity contribution is 1.18. The zero-order chi connectivity index (χ0) is 37.7. The first-order valence-electron chi connectivity index (χ1n) is 19.4. The largest absolute Gasteiger partial charge is 0.309 e. The van der Waals surface area contributed by atoms with Gasteiger partial charge in [0.25, 0.3) is 0 Å². The summed E-state index contributed by atoms with van der Waals surface area (Å²) >= 11 is 1.87. The number of rotatable bonds is 7. The Hall–Kier alpha value is -7.20. The first kappa shape index (κ1) is 33.2. The van der Waals surface area contributed by atoms with Crippen molar-refractivity contribution in [1.29, 1.82) is 0 Å². The molecule has 0 aliphatic rings. The molecule has 0 N–H and O–H groups in total. The molecule has 0 unspecified atom stereocenters. The normalized spacial score (nSPS) is 11.5. The summed E-state index contributed by atoms with van der Waals surface area (Å²) in [4.78, 5) is 2.49. The summed E-state index contributed by atoms with van der Waals surface area (Å²) in [6, 6.07) is 79.4. The predicted octanol–water partition coefficient (Wildman–Crippen LogP) is 15.6. The number of aromatic nitrogens is 1. The van der Waals surface area contributed by atoms with Crippen LogP contribution in [0.15, 0.2) is 218 Å². The average molecular weight is 745 g/mol. The third kappa shape index (κ3) is 5.71. The Morgan fingerprint density at radius 3 is 1.70 bits per heavy atom. The van der Waals surface area contributed by atoms with Crippen molar-refractivity contribution in [1.82, 2.24) is 4.57 Å². The number of para-hydroxylation sites is 2.